The summed E-state index contributed by atoms with van der Waals surface area (Å²) in [6.07, 6.45) is 12.1. The van der Waals surface area contributed by atoms with Crippen molar-refractivity contribution in [3.8, 4) is 0 Å². The maximum atomic E-state index is 6.52. The number of hydroxylamine groups is 2. The summed E-state index contributed by atoms with van der Waals surface area (Å²) in [5, 5.41) is 2.02. The lowest BCUT2D eigenvalue weighted by Gasteiger charge is -2.44. The molecule has 1 heterocycles. The number of nitrogens with zero attached hydrogens (tertiary/aromatic N) is 2. The van der Waals surface area contributed by atoms with Crippen LogP contribution >= 0.6 is 0 Å². The first-order valence-electron chi connectivity index (χ1n) is 9.59. The van der Waals surface area contributed by atoms with E-state index in [9.17, 15) is 0 Å². The molecule has 0 bridgehead atoms. The summed E-state index contributed by atoms with van der Waals surface area (Å²) in [6.45, 7) is 15.2. The van der Waals surface area contributed by atoms with Crippen LogP contribution in [0.3, 0.4) is 0 Å². The second-order valence-corrected chi connectivity index (χ2v) is 8.01. The van der Waals surface area contributed by atoms with Crippen molar-refractivity contribution in [1.29, 1.82) is 0 Å². The molecule has 3 nitrogen and oxygen atoms in total. The van der Waals surface area contributed by atoms with E-state index >= 15 is 0 Å². The maximum absolute atomic E-state index is 6.52. The zero-order chi connectivity index (χ0) is 17.9. The van der Waals surface area contributed by atoms with Crippen LogP contribution in [0.25, 0.3) is 0 Å². The van der Waals surface area contributed by atoms with Gasteiger partial charge in [0, 0.05) is 12.0 Å². The summed E-state index contributed by atoms with van der Waals surface area (Å²) in [6, 6.07) is 0.418. The topological polar surface area (TPSA) is 15.7 Å². The van der Waals surface area contributed by atoms with Crippen LogP contribution in [0.15, 0.2) is 35.7 Å². The minimum absolute atomic E-state index is 0.386. The van der Waals surface area contributed by atoms with Gasteiger partial charge in [-0.1, -0.05) is 32.8 Å². The summed E-state index contributed by atoms with van der Waals surface area (Å²) >= 11 is 0. The predicted molar refractivity (Wildman–Crippen MR) is 102 cm³/mol. The first-order chi connectivity index (χ1) is 11.3. The molecule has 1 aliphatic carbocycles. The third-order valence-corrected chi connectivity index (χ3v) is 5.55. The Balaban J connectivity index is 2.26. The van der Waals surface area contributed by atoms with Gasteiger partial charge >= 0.3 is 0 Å². The van der Waals surface area contributed by atoms with Crippen LogP contribution in [0.4, 0.5) is 0 Å². The Kier molecular flexibility index (Phi) is 6.33. The van der Waals surface area contributed by atoms with Crippen LogP contribution in [-0.2, 0) is 4.84 Å². The number of allylic oxidation sites excluding steroid dienone is 4. The Labute approximate surface area is 149 Å². The Bertz CT molecular complexity index is 510. The molecule has 0 saturated heterocycles. The summed E-state index contributed by atoms with van der Waals surface area (Å²) < 4.78 is 0. The normalized spacial score (nSPS) is 20.7. The van der Waals surface area contributed by atoms with Gasteiger partial charge in [-0.05, 0) is 71.7 Å². The molecule has 2 rings (SSSR count). The average molecular weight is 333 g/mol. The van der Waals surface area contributed by atoms with Crippen LogP contribution in [0, 0.1) is 5.92 Å². The zero-order valence-corrected chi connectivity index (χ0v) is 16.6. The van der Waals surface area contributed by atoms with Crippen molar-refractivity contribution < 1.29 is 4.84 Å². The van der Waals surface area contributed by atoms with Gasteiger partial charge in [0.1, 0.15) is 5.72 Å². The quantitative estimate of drug-likeness (QED) is 0.587. The van der Waals surface area contributed by atoms with Crippen molar-refractivity contribution in [2.45, 2.75) is 84.9 Å². The monoisotopic (exact) mass is 332 g/mol. The molecule has 1 saturated carbocycles. The van der Waals surface area contributed by atoms with E-state index in [-0.39, 0.29) is 5.72 Å². The predicted octanol–water partition coefficient (Wildman–Crippen LogP) is 5.62. The average Bonchev–Trinajstić information content (AvgIpc) is 2.56. The molecule has 0 unspecified atom stereocenters. The van der Waals surface area contributed by atoms with Crippen molar-refractivity contribution in [3.05, 3.63) is 35.7 Å². The molecule has 1 aliphatic heterocycles. The van der Waals surface area contributed by atoms with Crippen molar-refractivity contribution in [3.63, 3.8) is 0 Å². The molecule has 0 spiro atoms. The summed E-state index contributed by atoms with van der Waals surface area (Å²) in [5.41, 5.74) is 3.24. The lowest BCUT2D eigenvalue weighted by Crippen LogP contribution is -2.51. The minimum atomic E-state index is -0.386. The van der Waals surface area contributed by atoms with Crippen molar-refractivity contribution >= 4 is 0 Å². The minimum Gasteiger partial charge on any atom is -0.275 e. The van der Waals surface area contributed by atoms with E-state index in [1.807, 2.05) is 5.06 Å². The van der Waals surface area contributed by atoms with Crippen molar-refractivity contribution in [2.24, 2.45) is 5.92 Å². The van der Waals surface area contributed by atoms with Gasteiger partial charge in [0.15, 0.2) is 0 Å². The van der Waals surface area contributed by atoms with Gasteiger partial charge in [-0.25, -0.2) is 9.90 Å². The largest absolute Gasteiger partial charge is 0.275 e. The third-order valence-electron chi connectivity index (χ3n) is 5.55. The fraction of sp³-hybridized carbons (Fsp3) is 0.714. The van der Waals surface area contributed by atoms with Crippen LogP contribution in [0.1, 0.15) is 73.1 Å². The van der Waals surface area contributed by atoms with E-state index in [0.717, 1.165) is 12.1 Å². The molecule has 0 aromatic rings. The highest BCUT2D eigenvalue weighted by Crippen LogP contribution is 2.38. The number of hydrogen-bond donors (Lipinski definition) is 0. The lowest BCUT2D eigenvalue weighted by molar-refractivity contribution is -0.256. The molecule has 0 N–H and O–H groups in total. The SMILES string of the molecule is C=C1C=C(CC)C=C(C2CCCCC2)N1OC(C)(C)N(C)C(C)C. The van der Waals surface area contributed by atoms with E-state index in [1.54, 1.807) is 0 Å². The Morgan fingerprint density at radius 1 is 1.25 bits per heavy atom. The summed E-state index contributed by atoms with van der Waals surface area (Å²) in [5.74, 6) is 0.589. The lowest BCUT2D eigenvalue weighted by atomic mass is 9.85. The van der Waals surface area contributed by atoms with Crippen LogP contribution in [-0.4, -0.2) is 28.8 Å². The number of rotatable bonds is 6. The number of hydrogen-bond acceptors (Lipinski definition) is 3. The Hall–Kier alpha value is -1.06. The molecular weight excluding hydrogens is 296 g/mol. The fourth-order valence-corrected chi connectivity index (χ4v) is 3.64. The van der Waals surface area contributed by atoms with Gasteiger partial charge in [0.2, 0.25) is 0 Å². The second-order valence-electron chi connectivity index (χ2n) is 8.01. The van der Waals surface area contributed by atoms with E-state index in [4.69, 9.17) is 4.84 Å². The first-order valence-corrected chi connectivity index (χ1v) is 9.59. The molecule has 24 heavy (non-hydrogen) atoms. The molecule has 0 amide bonds. The van der Waals surface area contributed by atoms with Crippen LogP contribution < -0.4 is 0 Å². The van der Waals surface area contributed by atoms with Crippen molar-refractivity contribution in [1.82, 2.24) is 9.96 Å². The van der Waals surface area contributed by atoms with Gasteiger partial charge < -0.3 is 0 Å². The van der Waals surface area contributed by atoms with Crippen molar-refractivity contribution in [2.75, 3.05) is 7.05 Å². The van der Waals surface area contributed by atoms with E-state index in [1.165, 1.54) is 43.4 Å². The smallest absolute Gasteiger partial charge is 0.144 e. The highest BCUT2D eigenvalue weighted by atomic mass is 16.7. The molecule has 2 aliphatic rings. The molecule has 0 aromatic carbocycles. The molecule has 0 atom stereocenters. The second kappa shape index (κ2) is 7.88. The zero-order valence-electron chi connectivity index (χ0n) is 16.6. The molecular formula is C21H36N2O. The van der Waals surface area contributed by atoms with Gasteiger partial charge in [-0.15, -0.1) is 0 Å². The van der Waals surface area contributed by atoms with Gasteiger partial charge in [-0.2, -0.15) is 0 Å². The molecule has 0 radical (unpaired) electrons. The summed E-state index contributed by atoms with van der Waals surface area (Å²) in [4.78, 5) is 8.78. The first kappa shape index (κ1) is 19.3. The van der Waals surface area contributed by atoms with Gasteiger partial charge in [-0.3, -0.25) is 4.90 Å². The molecule has 136 valence electrons. The molecule has 3 heteroatoms. The molecule has 1 fully saturated rings. The highest BCUT2D eigenvalue weighted by Gasteiger charge is 2.34. The fourth-order valence-electron chi connectivity index (χ4n) is 3.64. The molecule has 0 aromatic heterocycles. The summed E-state index contributed by atoms with van der Waals surface area (Å²) in [7, 11) is 2.12. The van der Waals surface area contributed by atoms with Gasteiger partial charge in [0.25, 0.3) is 0 Å². The van der Waals surface area contributed by atoms with E-state index in [2.05, 4.69) is 65.3 Å². The van der Waals surface area contributed by atoms with Crippen LogP contribution in [0.2, 0.25) is 0 Å². The highest BCUT2D eigenvalue weighted by molar-refractivity contribution is 5.37. The standard InChI is InChI=1S/C21H36N2O/c1-8-18-14-17(4)23(24-21(5,6)22(7)16(2)3)20(15-18)19-12-10-9-11-13-19/h14-16,19H,4,8-13H2,1-3,5-7H3. The van der Waals surface area contributed by atoms with Gasteiger partial charge in [0.05, 0.1) is 11.4 Å². The Morgan fingerprint density at radius 2 is 1.88 bits per heavy atom. The third kappa shape index (κ3) is 4.31. The Morgan fingerprint density at radius 3 is 2.42 bits per heavy atom. The van der Waals surface area contributed by atoms with Crippen LogP contribution in [0.5, 0.6) is 0 Å². The van der Waals surface area contributed by atoms with E-state index in [0.29, 0.717) is 12.0 Å². The maximum Gasteiger partial charge on any atom is 0.144 e. The van der Waals surface area contributed by atoms with E-state index < -0.39 is 0 Å².